The summed E-state index contributed by atoms with van der Waals surface area (Å²) in [6.07, 6.45) is 0. The number of hydrogen-bond donors (Lipinski definition) is 0. The summed E-state index contributed by atoms with van der Waals surface area (Å²) in [5.74, 6) is 1.44. The first-order chi connectivity index (χ1) is 14.8. The van der Waals surface area contributed by atoms with Crippen LogP contribution >= 0.6 is 23.4 Å². The zero-order valence-electron chi connectivity index (χ0n) is 15.9. The number of aromatic nitrogens is 3. The number of ether oxygens (including phenoxy) is 1. The van der Waals surface area contributed by atoms with Crippen LogP contribution in [0, 0.1) is 0 Å². The van der Waals surface area contributed by atoms with Gasteiger partial charge in [-0.25, -0.2) is 0 Å². The average Bonchev–Trinajstić information content (AvgIpc) is 3.20. The number of fused-ring (bicyclic) bond motifs is 1. The highest BCUT2D eigenvalue weighted by molar-refractivity contribution is 8.00. The molecule has 30 heavy (non-hydrogen) atoms. The molecule has 0 fully saturated rings. The van der Waals surface area contributed by atoms with Crippen LogP contribution in [0.4, 0.5) is 0 Å². The highest BCUT2D eigenvalue weighted by Gasteiger charge is 2.30. The van der Waals surface area contributed by atoms with Crippen LogP contribution < -0.4 is 4.74 Å². The second-order valence-corrected chi connectivity index (χ2v) is 8.22. The Morgan fingerprint density at radius 3 is 2.30 bits per heavy atom. The zero-order chi connectivity index (χ0) is 20.3. The summed E-state index contributed by atoms with van der Waals surface area (Å²) in [5, 5.41) is 15.1. The Morgan fingerprint density at radius 1 is 0.867 bits per heavy atom. The smallest absolute Gasteiger partial charge is 0.213 e. The van der Waals surface area contributed by atoms with E-state index in [0.29, 0.717) is 10.8 Å². The molecule has 0 N–H and O–H groups in total. The van der Waals surface area contributed by atoms with Gasteiger partial charge in [0, 0.05) is 5.02 Å². The summed E-state index contributed by atoms with van der Waals surface area (Å²) in [4.78, 5) is 0. The Balaban J connectivity index is 1.51. The lowest BCUT2D eigenvalue weighted by molar-refractivity contribution is 0.290. The van der Waals surface area contributed by atoms with Gasteiger partial charge in [-0.15, -0.1) is 10.2 Å². The van der Waals surface area contributed by atoms with Crippen LogP contribution in [0.15, 0.2) is 95.2 Å². The number of benzene rings is 3. The Bertz CT molecular complexity index is 1180. The predicted octanol–water partition coefficient (Wildman–Crippen LogP) is 5.61. The first-order valence-corrected chi connectivity index (χ1v) is 10.7. The first kappa shape index (κ1) is 18.9. The van der Waals surface area contributed by atoms with Gasteiger partial charge >= 0.3 is 0 Å². The lowest BCUT2D eigenvalue weighted by Gasteiger charge is -2.23. The Labute approximate surface area is 183 Å². The molecule has 1 aromatic heterocycles. The van der Waals surface area contributed by atoms with Crippen LogP contribution in [0.1, 0.15) is 22.2 Å². The van der Waals surface area contributed by atoms with Gasteiger partial charge in [0.05, 0.1) is 11.0 Å². The van der Waals surface area contributed by atoms with Crippen molar-refractivity contribution in [2.24, 2.45) is 5.10 Å². The zero-order valence-corrected chi connectivity index (χ0v) is 17.4. The summed E-state index contributed by atoms with van der Waals surface area (Å²) in [5.41, 5.74) is 3.11. The molecule has 0 saturated heterocycles. The number of nitrogens with zero attached hydrogens (tertiary/aromatic N) is 4. The maximum atomic E-state index is 6.10. The largest absolute Gasteiger partial charge is 0.486 e. The topological polar surface area (TPSA) is 52.3 Å². The summed E-state index contributed by atoms with van der Waals surface area (Å²) in [6.45, 7) is 0.286. The molecule has 0 amide bonds. The van der Waals surface area contributed by atoms with Crippen LogP contribution in [-0.2, 0) is 6.61 Å². The fourth-order valence-electron chi connectivity index (χ4n) is 3.23. The molecule has 2 heterocycles. The quantitative estimate of drug-likeness (QED) is 0.411. The highest BCUT2D eigenvalue weighted by atomic mass is 35.5. The van der Waals surface area contributed by atoms with Gasteiger partial charge in [-0.1, -0.05) is 84.0 Å². The molecule has 0 spiro atoms. The highest BCUT2D eigenvalue weighted by Crippen LogP contribution is 2.41. The molecule has 3 aromatic carbocycles. The van der Waals surface area contributed by atoms with Crippen molar-refractivity contribution in [1.29, 1.82) is 0 Å². The standard InChI is InChI=1S/C23H17ClN4OS/c24-18-13-11-17(12-14-18)22-21(16-7-3-1-4-8-16)27-28-20(25-26-23(28)30-22)15-29-19-9-5-2-6-10-19/h1-14,22H,15H2/t22-/m1/s1. The van der Waals surface area contributed by atoms with Crippen molar-refractivity contribution in [3.05, 3.63) is 107 Å². The summed E-state index contributed by atoms with van der Waals surface area (Å²) in [7, 11) is 0. The number of halogens is 1. The lowest BCUT2D eigenvalue weighted by atomic mass is 10.0. The fourth-order valence-corrected chi connectivity index (χ4v) is 4.49. The van der Waals surface area contributed by atoms with E-state index in [-0.39, 0.29) is 11.9 Å². The van der Waals surface area contributed by atoms with E-state index >= 15 is 0 Å². The van der Waals surface area contributed by atoms with Gasteiger partial charge in [0.1, 0.15) is 12.4 Å². The Hall–Kier alpha value is -3.09. The van der Waals surface area contributed by atoms with Gasteiger partial charge in [0.15, 0.2) is 5.82 Å². The molecule has 0 saturated carbocycles. The van der Waals surface area contributed by atoms with Gasteiger partial charge in [-0.05, 0) is 35.4 Å². The summed E-state index contributed by atoms with van der Waals surface area (Å²) < 4.78 is 7.65. The SMILES string of the molecule is Clc1ccc([C@H]2Sc3nnc(COc4ccccc4)n3N=C2c2ccccc2)cc1. The van der Waals surface area contributed by atoms with Crippen LogP contribution in [0.5, 0.6) is 5.75 Å². The van der Waals surface area contributed by atoms with E-state index < -0.39 is 0 Å². The molecule has 0 unspecified atom stereocenters. The Kier molecular flexibility index (Phi) is 5.26. The Morgan fingerprint density at radius 2 is 1.57 bits per heavy atom. The minimum Gasteiger partial charge on any atom is -0.486 e. The molecule has 0 bridgehead atoms. The number of para-hydroxylation sites is 1. The molecule has 5 nitrogen and oxygen atoms in total. The van der Waals surface area contributed by atoms with Crippen LogP contribution in [0.25, 0.3) is 0 Å². The third kappa shape index (κ3) is 3.84. The second kappa shape index (κ2) is 8.34. The third-order valence-electron chi connectivity index (χ3n) is 4.71. The second-order valence-electron chi connectivity index (χ2n) is 6.71. The summed E-state index contributed by atoms with van der Waals surface area (Å²) >= 11 is 7.72. The molecule has 5 rings (SSSR count). The van der Waals surface area contributed by atoms with Crippen molar-refractivity contribution in [1.82, 2.24) is 14.9 Å². The van der Waals surface area contributed by atoms with E-state index in [1.807, 2.05) is 72.8 Å². The minimum atomic E-state index is -0.00995. The van der Waals surface area contributed by atoms with Gasteiger partial charge in [0.25, 0.3) is 0 Å². The lowest BCUT2D eigenvalue weighted by Crippen LogP contribution is -2.19. The monoisotopic (exact) mass is 432 g/mol. The van der Waals surface area contributed by atoms with E-state index in [2.05, 4.69) is 22.3 Å². The average molecular weight is 433 g/mol. The van der Waals surface area contributed by atoms with E-state index in [0.717, 1.165) is 27.7 Å². The van der Waals surface area contributed by atoms with Crippen molar-refractivity contribution >= 4 is 29.1 Å². The molecule has 1 atom stereocenters. The molecular formula is C23H17ClN4OS. The van der Waals surface area contributed by atoms with Gasteiger partial charge in [0.2, 0.25) is 5.16 Å². The van der Waals surface area contributed by atoms with Gasteiger partial charge in [-0.2, -0.15) is 9.78 Å². The van der Waals surface area contributed by atoms with Gasteiger partial charge in [-0.3, -0.25) is 0 Å². The molecule has 1 aliphatic rings. The van der Waals surface area contributed by atoms with Crippen molar-refractivity contribution in [2.45, 2.75) is 17.0 Å². The van der Waals surface area contributed by atoms with E-state index in [9.17, 15) is 0 Å². The van der Waals surface area contributed by atoms with Crippen molar-refractivity contribution in [2.75, 3.05) is 0 Å². The predicted molar refractivity (Wildman–Crippen MR) is 119 cm³/mol. The molecule has 0 radical (unpaired) electrons. The van der Waals surface area contributed by atoms with E-state index in [4.69, 9.17) is 21.4 Å². The van der Waals surface area contributed by atoms with Crippen LogP contribution in [0.3, 0.4) is 0 Å². The fraction of sp³-hybridized carbons (Fsp3) is 0.0870. The van der Waals surface area contributed by atoms with Crippen LogP contribution in [0.2, 0.25) is 5.02 Å². The molecular weight excluding hydrogens is 416 g/mol. The minimum absolute atomic E-state index is 0.00995. The number of rotatable bonds is 5. The number of hydrogen-bond acceptors (Lipinski definition) is 5. The molecule has 7 heteroatoms. The number of thioether (sulfide) groups is 1. The maximum absolute atomic E-state index is 6.10. The molecule has 1 aliphatic heterocycles. The van der Waals surface area contributed by atoms with Crippen molar-refractivity contribution in [3.8, 4) is 5.75 Å². The summed E-state index contributed by atoms with van der Waals surface area (Å²) in [6, 6.07) is 27.7. The van der Waals surface area contributed by atoms with Gasteiger partial charge < -0.3 is 4.74 Å². The molecule has 148 valence electrons. The third-order valence-corrected chi connectivity index (χ3v) is 6.16. The first-order valence-electron chi connectivity index (χ1n) is 9.46. The van der Waals surface area contributed by atoms with E-state index in [1.165, 1.54) is 0 Å². The van der Waals surface area contributed by atoms with Crippen molar-refractivity contribution < 1.29 is 4.74 Å². The molecule has 4 aromatic rings. The molecule has 0 aliphatic carbocycles. The van der Waals surface area contributed by atoms with E-state index in [1.54, 1.807) is 16.4 Å². The normalized spacial score (nSPS) is 15.4. The maximum Gasteiger partial charge on any atom is 0.213 e. The van der Waals surface area contributed by atoms with Crippen LogP contribution in [-0.4, -0.2) is 20.6 Å². The van der Waals surface area contributed by atoms with Crippen molar-refractivity contribution in [3.63, 3.8) is 0 Å².